The van der Waals surface area contributed by atoms with Crippen molar-refractivity contribution in [2.45, 2.75) is 93.1 Å². The molecule has 2 heterocycles. The minimum absolute atomic E-state index is 0.240. The largest absolute Gasteiger partial charge is 0.381 e. The molecule has 0 spiro atoms. The van der Waals surface area contributed by atoms with Gasteiger partial charge in [-0.2, -0.15) is 5.01 Å². The highest BCUT2D eigenvalue weighted by Gasteiger charge is 2.43. The van der Waals surface area contributed by atoms with E-state index in [-0.39, 0.29) is 12.2 Å². The maximum absolute atomic E-state index is 5.69. The van der Waals surface area contributed by atoms with Crippen molar-refractivity contribution in [1.82, 2.24) is 21.3 Å². The first kappa shape index (κ1) is 21.3. The second-order valence-electron chi connectivity index (χ2n) is 8.90. The average Bonchev–Trinajstić information content (AvgIpc) is 3.29. The summed E-state index contributed by atoms with van der Waals surface area (Å²) in [6.45, 7) is 0. The molecule has 2 aliphatic heterocycles. The predicted octanol–water partition coefficient (Wildman–Crippen LogP) is 2.40. The Morgan fingerprint density at radius 1 is 0.821 bits per heavy atom. The van der Waals surface area contributed by atoms with Gasteiger partial charge in [0, 0.05) is 21.3 Å². The molecule has 0 aromatic carbocycles. The molecule has 4 fully saturated rings. The number of nitrogens with one attached hydrogen (secondary N) is 3. The maximum atomic E-state index is 5.69. The maximum Gasteiger partial charge on any atom is 0.136 e. The van der Waals surface area contributed by atoms with Crippen LogP contribution in [-0.2, 0) is 14.2 Å². The molecule has 2 aliphatic carbocycles. The summed E-state index contributed by atoms with van der Waals surface area (Å²) in [5.74, 6) is 1.50. The lowest BCUT2D eigenvalue weighted by Gasteiger charge is -2.35. The predicted molar refractivity (Wildman–Crippen MR) is 111 cm³/mol. The van der Waals surface area contributed by atoms with Crippen molar-refractivity contribution >= 4 is 11.8 Å². The Morgan fingerprint density at radius 3 is 2.29 bits per heavy atom. The molecule has 4 aliphatic rings. The quantitative estimate of drug-likeness (QED) is 0.587. The van der Waals surface area contributed by atoms with Gasteiger partial charge in [0.2, 0.25) is 0 Å². The first-order valence-electron chi connectivity index (χ1n) is 11.0. The molecular formula is C20H38N4O3S. The minimum atomic E-state index is 0.240. The summed E-state index contributed by atoms with van der Waals surface area (Å²) in [4.78, 5) is 0. The zero-order chi connectivity index (χ0) is 19.5. The minimum Gasteiger partial charge on any atom is -0.381 e. The lowest BCUT2D eigenvalue weighted by molar-refractivity contribution is -0.0715. The Bertz CT molecular complexity index is 494. The van der Waals surface area contributed by atoms with Crippen molar-refractivity contribution in [2.24, 2.45) is 11.8 Å². The fraction of sp³-hybridized carbons (Fsp3) is 1.00. The van der Waals surface area contributed by atoms with E-state index in [9.17, 15) is 0 Å². The summed E-state index contributed by atoms with van der Waals surface area (Å²) in [7, 11) is 5.47. The normalized spacial score (nSPS) is 44.7. The van der Waals surface area contributed by atoms with Crippen LogP contribution in [0.3, 0.4) is 0 Å². The highest BCUT2D eigenvalue weighted by molar-refractivity contribution is 8.00. The number of methoxy groups -OCH3 is 3. The van der Waals surface area contributed by atoms with E-state index in [0.29, 0.717) is 29.1 Å². The van der Waals surface area contributed by atoms with Crippen molar-refractivity contribution in [2.75, 3.05) is 21.3 Å². The Balaban J connectivity index is 1.23. The molecular weight excluding hydrogens is 376 g/mol. The molecule has 4 rings (SSSR count). The highest BCUT2D eigenvalue weighted by Crippen LogP contribution is 2.39. The molecule has 162 valence electrons. The fourth-order valence-corrected chi connectivity index (χ4v) is 6.85. The molecule has 0 bridgehead atoms. The number of ether oxygens (including phenoxy) is 3. The van der Waals surface area contributed by atoms with Crippen molar-refractivity contribution in [1.29, 1.82) is 0 Å². The smallest absolute Gasteiger partial charge is 0.136 e. The lowest BCUT2D eigenvalue weighted by Crippen LogP contribution is -2.47. The monoisotopic (exact) mass is 414 g/mol. The first-order chi connectivity index (χ1) is 13.7. The van der Waals surface area contributed by atoms with Gasteiger partial charge in [-0.25, -0.2) is 16.3 Å². The summed E-state index contributed by atoms with van der Waals surface area (Å²) in [6, 6.07) is 0. The number of hydrazine groups is 2. The number of rotatable bonds is 7. The van der Waals surface area contributed by atoms with Crippen LogP contribution in [0.5, 0.6) is 0 Å². The standard InChI is InChI=1S/C20H38N4O3S/c1-25-15-7-4-13(5-8-15)11-18-21-22-20-24(18)23-19(28-20)12-14-6-9-16(26-2)17(10-14)27-3/h13-23H,4-12H2,1-3H3. The molecule has 28 heavy (non-hydrogen) atoms. The zero-order valence-corrected chi connectivity index (χ0v) is 18.4. The molecule has 6 atom stereocenters. The Morgan fingerprint density at radius 2 is 1.57 bits per heavy atom. The Kier molecular flexibility index (Phi) is 7.55. The summed E-state index contributed by atoms with van der Waals surface area (Å²) in [6.07, 6.45) is 12.2. The third-order valence-electron chi connectivity index (χ3n) is 7.22. The Hall–Kier alpha value is 0.0700. The number of fused-ring (bicyclic) bond motifs is 1. The van der Waals surface area contributed by atoms with E-state index in [0.717, 1.165) is 18.8 Å². The van der Waals surface area contributed by atoms with E-state index < -0.39 is 0 Å². The van der Waals surface area contributed by atoms with Gasteiger partial charge in [0.25, 0.3) is 0 Å². The highest BCUT2D eigenvalue weighted by atomic mass is 32.2. The number of hydrogen-bond acceptors (Lipinski definition) is 8. The van der Waals surface area contributed by atoms with Crippen LogP contribution in [0.25, 0.3) is 0 Å². The molecule has 0 aromatic heterocycles. The average molecular weight is 415 g/mol. The summed E-state index contributed by atoms with van der Waals surface area (Å²) < 4.78 is 16.8. The SMILES string of the molecule is COC1CCC(CC2NNC3SC(CC4CCC(OC)C(OC)C4)NN23)CC1. The zero-order valence-electron chi connectivity index (χ0n) is 17.6. The number of nitrogens with zero attached hydrogens (tertiary/aromatic N) is 1. The van der Waals surface area contributed by atoms with Crippen molar-refractivity contribution in [3.63, 3.8) is 0 Å². The molecule has 0 aromatic rings. The van der Waals surface area contributed by atoms with Crippen LogP contribution in [-0.4, -0.2) is 61.7 Å². The van der Waals surface area contributed by atoms with Crippen LogP contribution in [0, 0.1) is 11.8 Å². The molecule has 7 nitrogen and oxygen atoms in total. The van der Waals surface area contributed by atoms with Crippen LogP contribution >= 0.6 is 11.8 Å². The van der Waals surface area contributed by atoms with Gasteiger partial charge in [0.1, 0.15) is 5.50 Å². The number of thioether (sulfide) groups is 1. The molecule has 2 saturated carbocycles. The lowest BCUT2D eigenvalue weighted by atomic mass is 9.83. The van der Waals surface area contributed by atoms with Crippen molar-refractivity contribution in [3.05, 3.63) is 0 Å². The molecule has 2 saturated heterocycles. The third-order valence-corrected chi connectivity index (χ3v) is 8.45. The van der Waals surface area contributed by atoms with Gasteiger partial charge in [-0.3, -0.25) is 0 Å². The van der Waals surface area contributed by atoms with E-state index in [1.165, 1.54) is 44.9 Å². The van der Waals surface area contributed by atoms with E-state index >= 15 is 0 Å². The van der Waals surface area contributed by atoms with Gasteiger partial charge >= 0.3 is 0 Å². The molecule has 0 amide bonds. The summed E-state index contributed by atoms with van der Waals surface area (Å²) >= 11 is 2.01. The Labute approximate surface area is 173 Å². The second kappa shape index (κ2) is 9.92. The molecule has 3 N–H and O–H groups in total. The summed E-state index contributed by atoms with van der Waals surface area (Å²) in [5, 5.41) is 2.90. The second-order valence-corrected chi connectivity index (χ2v) is 10.2. The first-order valence-corrected chi connectivity index (χ1v) is 11.9. The van der Waals surface area contributed by atoms with Crippen LogP contribution in [0.1, 0.15) is 57.8 Å². The van der Waals surface area contributed by atoms with Gasteiger partial charge in [-0.1, -0.05) is 0 Å². The van der Waals surface area contributed by atoms with Crippen LogP contribution in [0.15, 0.2) is 0 Å². The van der Waals surface area contributed by atoms with Crippen LogP contribution in [0.2, 0.25) is 0 Å². The molecule has 0 radical (unpaired) electrons. The van der Waals surface area contributed by atoms with E-state index in [1.807, 2.05) is 26.0 Å². The van der Waals surface area contributed by atoms with Gasteiger partial charge < -0.3 is 14.2 Å². The van der Waals surface area contributed by atoms with Gasteiger partial charge in [0.15, 0.2) is 0 Å². The van der Waals surface area contributed by atoms with Crippen molar-refractivity contribution in [3.8, 4) is 0 Å². The number of hydrogen-bond donors (Lipinski definition) is 3. The van der Waals surface area contributed by atoms with E-state index in [4.69, 9.17) is 14.2 Å². The van der Waals surface area contributed by atoms with Crippen LogP contribution in [0.4, 0.5) is 0 Å². The summed E-state index contributed by atoms with van der Waals surface area (Å²) in [5.41, 5.74) is 11.1. The van der Waals surface area contributed by atoms with Gasteiger partial charge in [-0.05, 0) is 69.6 Å². The molecule has 8 heteroatoms. The fourth-order valence-electron chi connectivity index (χ4n) is 5.50. The third kappa shape index (κ3) is 4.86. The van der Waals surface area contributed by atoms with Crippen LogP contribution < -0.4 is 16.3 Å². The molecule has 6 unspecified atom stereocenters. The van der Waals surface area contributed by atoms with Gasteiger partial charge in [-0.15, -0.1) is 11.8 Å². The van der Waals surface area contributed by atoms with E-state index in [1.54, 1.807) is 7.11 Å². The topological polar surface area (TPSA) is 67.0 Å². The van der Waals surface area contributed by atoms with Crippen molar-refractivity contribution < 1.29 is 14.2 Å². The van der Waals surface area contributed by atoms with Gasteiger partial charge in [0.05, 0.1) is 29.9 Å². The van der Waals surface area contributed by atoms with E-state index in [2.05, 4.69) is 21.3 Å².